The van der Waals surface area contributed by atoms with Crippen molar-refractivity contribution in [1.29, 1.82) is 0 Å². The van der Waals surface area contributed by atoms with Gasteiger partial charge < -0.3 is 14.8 Å². The lowest BCUT2D eigenvalue weighted by Crippen LogP contribution is -2.19. The summed E-state index contributed by atoms with van der Waals surface area (Å²) in [5.41, 5.74) is 1.87. The summed E-state index contributed by atoms with van der Waals surface area (Å²) >= 11 is 5.91. The molecule has 0 amide bonds. The summed E-state index contributed by atoms with van der Waals surface area (Å²) in [4.78, 5) is 4.47. The van der Waals surface area contributed by atoms with E-state index in [4.69, 9.17) is 11.6 Å². The van der Waals surface area contributed by atoms with Gasteiger partial charge >= 0.3 is 0 Å². The van der Waals surface area contributed by atoms with Crippen LogP contribution < -0.4 is 5.32 Å². The molecule has 0 fully saturated rings. The molecule has 0 radical (unpaired) electrons. The van der Waals surface area contributed by atoms with Crippen LogP contribution in [0.1, 0.15) is 25.5 Å². The first-order chi connectivity index (χ1) is 8.69. The molecule has 2 heterocycles. The number of hydrogen-bond donors (Lipinski definition) is 2. The van der Waals surface area contributed by atoms with Gasteiger partial charge in [0.25, 0.3) is 0 Å². The number of imidazole rings is 1. The molecule has 2 aromatic rings. The molecule has 0 aromatic carbocycles. The Morgan fingerprint density at radius 2 is 2.28 bits per heavy atom. The zero-order chi connectivity index (χ0) is 13.0. The molecule has 2 rings (SSSR count). The number of fused-ring (bicyclic) bond motifs is 1. The summed E-state index contributed by atoms with van der Waals surface area (Å²) in [5, 5.41) is 13.4. The van der Waals surface area contributed by atoms with E-state index in [1.54, 1.807) is 0 Å². The van der Waals surface area contributed by atoms with E-state index in [2.05, 4.69) is 10.3 Å². The number of aliphatic hydroxyl groups is 1. The molecule has 0 aliphatic heterocycles. The molecule has 5 heteroatoms. The maximum absolute atomic E-state index is 9.43. The van der Waals surface area contributed by atoms with Crippen LogP contribution in [0.5, 0.6) is 0 Å². The number of nitrogens with zero attached hydrogens (tertiary/aromatic N) is 2. The largest absolute Gasteiger partial charge is 0.393 e. The Bertz CT molecular complexity index is 512. The second-order valence-corrected chi connectivity index (χ2v) is 4.81. The van der Waals surface area contributed by atoms with Crippen molar-refractivity contribution < 1.29 is 5.11 Å². The molecular weight excluding hydrogens is 250 g/mol. The third-order valence-corrected chi connectivity index (χ3v) is 3.12. The van der Waals surface area contributed by atoms with Crippen LogP contribution in [-0.2, 0) is 6.54 Å². The highest BCUT2D eigenvalue weighted by molar-refractivity contribution is 6.30. The van der Waals surface area contributed by atoms with E-state index in [1.165, 1.54) is 0 Å². The van der Waals surface area contributed by atoms with E-state index in [0.717, 1.165) is 30.7 Å². The number of nitrogens with one attached hydrogen (secondary N) is 1. The van der Waals surface area contributed by atoms with Crippen LogP contribution in [0.25, 0.3) is 5.65 Å². The molecule has 4 nitrogen and oxygen atoms in total. The first-order valence-corrected chi connectivity index (χ1v) is 6.58. The van der Waals surface area contributed by atoms with Crippen molar-refractivity contribution in [2.24, 2.45) is 0 Å². The summed E-state index contributed by atoms with van der Waals surface area (Å²) in [7, 11) is 0. The van der Waals surface area contributed by atoms with Gasteiger partial charge in [0.05, 0.1) is 16.8 Å². The maximum Gasteiger partial charge on any atom is 0.137 e. The summed E-state index contributed by atoms with van der Waals surface area (Å²) < 4.78 is 1.92. The Labute approximate surface area is 112 Å². The predicted octanol–water partition coefficient (Wildman–Crippen LogP) is 2.24. The molecule has 0 saturated heterocycles. The number of pyridine rings is 1. The van der Waals surface area contributed by atoms with Crippen LogP contribution in [0.2, 0.25) is 5.02 Å². The van der Waals surface area contributed by atoms with Crippen molar-refractivity contribution in [2.75, 3.05) is 6.54 Å². The van der Waals surface area contributed by atoms with Gasteiger partial charge in [-0.1, -0.05) is 18.5 Å². The highest BCUT2D eigenvalue weighted by atomic mass is 35.5. The van der Waals surface area contributed by atoms with Crippen LogP contribution in [0.3, 0.4) is 0 Å². The standard InChI is InChI=1S/C13H18ClN3O/c1-2-12(18)5-6-15-7-11-9-17-8-10(14)3-4-13(17)16-11/h3-4,8-9,12,15,18H,2,5-7H2,1H3. The number of rotatable bonds is 6. The predicted molar refractivity (Wildman–Crippen MR) is 72.8 cm³/mol. The molecule has 0 bridgehead atoms. The van der Waals surface area contributed by atoms with E-state index >= 15 is 0 Å². The van der Waals surface area contributed by atoms with Gasteiger partial charge in [-0.3, -0.25) is 0 Å². The Balaban J connectivity index is 1.88. The highest BCUT2D eigenvalue weighted by Crippen LogP contribution is 2.11. The highest BCUT2D eigenvalue weighted by Gasteiger charge is 2.03. The van der Waals surface area contributed by atoms with Crippen molar-refractivity contribution in [3.8, 4) is 0 Å². The fourth-order valence-electron chi connectivity index (χ4n) is 1.79. The van der Waals surface area contributed by atoms with Gasteiger partial charge in [0.2, 0.25) is 0 Å². The van der Waals surface area contributed by atoms with Crippen LogP contribution in [0.4, 0.5) is 0 Å². The van der Waals surface area contributed by atoms with Gasteiger partial charge in [-0.2, -0.15) is 0 Å². The molecule has 1 unspecified atom stereocenters. The minimum Gasteiger partial charge on any atom is -0.393 e. The zero-order valence-corrected chi connectivity index (χ0v) is 11.2. The maximum atomic E-state index is 9.43. The number of aliphatic hydroxyl groups excluding tert-OH is 1. The molecule has 0 aliphatic rings. The molecule has 0 saturated carbocycles. The van der Waals surface area contributed by atoms with Crippen LogP contribution in [0, 0.1) is 0 Å². The van der Waals surface area contributed by atoms with Gasteiger partial charge in [-0.15, -0.1) is 0 Å². The molecular formula is C13H18ClN3O. The normalized spacial score (nSPS) is 13.1. The van der Waals surface area contributed by atoms with E-state index in [0.29, 0.717) is 11.6 Å². The Morgan fingerprint density at radius 3 is 3.06 bits per heavy atom. The summed E-state index contributed by atoms with van der Waals surface area (Å²) in [6.07, 6.45) is 5.17. The fraction of sp³-hybridized carbons (Fsp3) is 0.462. The van der Waals surface area contributed by atoms with Crippen LogP contribution in [0.15, 0.2) is 24.5 Å². The number of halogens is 1. The monoisotopic (exact) mass is 267 g/mol. The molecule has 18 heavy (non-hydrogen) atoms. The lowest BCUT2D eigenvalue weighted by molar-refractivity contribution is 0.159. The number of aromatic nitrogens is 2. The van der Waals surface area contributed by atoms with Crippen molar-refractivity contribution >= 4 is 17.2 Å². The van der Waals surface area contributed by atoms with E-state index in [9.17, 15) is 5.11 Å². The van der Waals surface area contributed by atoms with Gasteiger partial charge in [0.15, 0.2) is 0 Å². The van der Waals surface area contributed by atoms with Gasteiger partial charge in [0.1, 0.15) is 5.65 Å². The lowest BCUT2D eigenvalue weighted by atomic mass is 10.2. The van der Waals surface area contributed by atoms with Crippen molar-refractivity contribution in [3.05, 3.63) is 35.2 Å². The molecule has 0 spiro atoms. The fourth-order valence-corrected chi connectivity index (χ4v) is 1.96. The summed E-state index contributed by atoms with van der Waals surface area (Å²) in [5.74, 6) is 0. The third kappa shape index (κ3) is 3.45. The second kappa shape index (κ2) is 6.18. The van der Waals surface area contributed by atoms with Gasteiger partial charge in [-0.05, 0) is 31.5 Å². The van der Waals surface area contributed by atoms with E-state index < -0.39 is 0 Å². The number of hydrogen-bond acceptors (Lipinski definition) is 3. The second-order valence-electron chi connectivity index (χ2n) is 4.37. The van der Waals surface area contributed by atoms with Gasteiger partial charge in [-0.25, -0.2) is 4.98 Å². The Hall–Kier alpha value is -1.10. The van der Waals surface area contributed by atoms with E-state index in [-0.39, 0.29) is 6.10 Å². The zero-order valence-electron chi connectivity index (χ0n) is 10.4. The first kappa shape index (κ1) is 13.3. The minimum absolute atomic E-state index is 0.211. The molecule has 1 atom stereocenters. The van der Waals surface area contributed by atoms with Crippen molar-refractivity contribution in [2.45, 2.75) is 32.4 Å². The van der Waals surface area contributed by atoms with Gasteiger partial charge in [0, 0.05) is 18.9 Å². The van der Waals surface area contributed by atoms with Crippen LogP contribution in [-0.4, -0.2) is 27.1 Å². The molecule has 2 aromatic heterocycles. The summed E-state index contributed by atoms with van der Waals surface area (Å²) in [6, 6.07) is 3.73. The Morgan fingerprint density at radius 1 is 1.44 bits per heavy atom. The average Bonchev–Trinajstić information content (AvgIpc) is 2.76. The lowest BCUT2D eigenvalue weighted by Gasteiger charge is -2.07. The van der Waals surface area contributed by atoms with Crippen molar-refractivity contribution in [1.82, 2.24) is 14.7 Å². The van der Waals surface area contributed by atoms with Crippen LogP contribution >= 0.6 is 11.6 Å². The molecule has 2 N–H and O–H groups in total. The van der Waals surface area contributed by atoms with Crippen molar-refractivity contribution in [3.63, 3.8) is 0 Å². The SMILES string of the molecule is CCC(O)CCNCc1cn2cc(Cl)ccc2n1. The molecule has 98 valence electrons. The molecule has 0 aliphatic carbocycles. The minimum atomic E-state index is -0.211. The quantitative estimate of drug-likeness (QED) is 0.789. The first-order valence-electron chi connectivity index (χ1n) is 6.21. The summed E-state index contributed by atoms with van der Waals surface area (Å²) in [6.45, 7) is 3.48. The Kier molecular flexibility index (Phi) is 4.58. The third-order valence-electron chi connectivity index (χ3n) is 2.90. The topological polar surface area (TPSA) is 49.6 Å². The average molecular weight is 268 g/mol. The van der Waals surface area contributed by atoms with E-state index in [1.807, 2.05) is 35.9 Å². The smallest absolute Gasteiger partial charge is 0.137 e.